The third-order valence-electron chi connectivity index (χ3n) is 4.16. The molecule has 1 aromatic rings. The quantitative estimate of drug-likeness (QED) is 0.150. The van der Waals surface area contributed by atoms with E-state index < -0.39 is 54.5 Å². The first kappa shape index (κ1) is 26.6. The van der Waals surface area contributed by atoms with Crippen LogP contribution < -0.4 is 21.7 Å². The number of benzene rings is 1. The number of aliphatic hydroxyl groups is 1. The molecule has 0 spiro atoms. The number of hydrogen-bond donors (Lipinski definition) is 9. The molecule has 0 fully saturated rings. The zero-order valence-electron chi connectivity index (χ0n) is 16.4. The van der Waals surface area contributed by atoms with E-state index in [-0.39, 0.29) is 23.7 Å². The number of rotatable bonds is 12. The highest BCUT2D eigenvalue weighted by Crippen LogP contribution is 2.12. The van der Waals surface area contributed by atoms with E-state index in [2.05, 4.69) is 41.2 Å². The number of nitrogens with two attached hydrogens (primary N) is 1. The van der Waals surface area contributed by atoms with Crippen LogP contribution in [0.15, 0.2) is 24.3 Å². The number of aromatic hydroxyl groups is 1. The smallest absolute Gasteiger partial charge is 0.327 e. The maximum absolute atomic E-state index is 12.7. The van der Waals surface area contributed by atoms with Crippen molar-refractivity contribution in [1.29, 1.82) is 0 Å². The lowest BCUT2D eigenvalue weighted by Crippen LogP contribution is -2.58. The van der Waals surface area contributed by atoms with Crippen molar-refractivity contribution in [2.45, 2.75) is 30.6 Å². The van der Waals surface area contributed by atoms with Crippen LogP contribution in [0.25, 0.3) is 0 Å². The lowest BCUT2D eigenvalue weighted by Gasteiger charge is -2.24. The summed E-state index contributed by atoms with van der Waals surface area (Å²) in [5, 5.41) is 34.6. The van der Waals surface area contributed by atoms with Crippen molar-refractivity contribution in [3.05, 3.63) is 29.8 Å². The number of carboxylic acid groups (broad SMARTS) is 1. The molecule has 0 aliphatic heterocycles. The van der Waals surface area contributed by atoms with Crippen LogP contribution in [0.2, 0.25) is 0 Å². The summed E-state index contributed by atoms with van der Waals surface area (Å²) < 4.78 is 0. The molecule has 13 heteroatoms. The predicted molar refractivity (Wildman–Crippen MR) is 118 cm³/mol. The monoisotopic (exact) mass is 474 g/mol. The molecule has 4 unspecified atom stereocenters. The summed E-state index contributed by atoms with van der Waals surface area (Å²) in [5.74, 6) is -3.90. The van der Waals surface area contributed by atoms with Crippen LogP contribution in [0, 0.1) is 0 Å². The van der Waals surface area contributed by atoms with Gasteiger partial charge in [-0.3, -0.25) is 14.4 Å². The summed E-state index contributed by atoms with van der Waals surface area (Å²) in [4.78, 5) is 48.4. The Kier molecular flexibility index (Phi) is 11.2. The number of carbonyl (C=O) groups is 4. The number of thiol groups is 2. The molecule has 0 saturated heterocycles. The second kappa shape index (κ2) is 13.0. The van der Waals surface area contributed by atoms with Crippen molar-refractivity contribution in [3.63, 3.8) is 0 Å². The first-order valence-electron chi connectivity index (χ1n) is 9.12. The number of amides is 3. The Hall–Kier alpha value is -2.48. The van der Waals surface area contributed by atoms with E-state index in [0.717, 1.165) is 0 Å². The molecule has 0 bridgehead atoms. The number of carbonyl (C=O) groups excluding carboxylic acids is 3. The maximum atomic E-state index is 12.7. The molecule has 0 heterocycles. The van der Waals surface area contributed by atoms with Crippen LogP contribution in [0.5, 0.6) is 5.75 Å². The molecule has 0 radical (unpaired) electrons. The van der Waals surface area contributed by atoms with Crippen LogP contribution in [-0.4, -0.2) is 81.3 Å². The summed E-state index contributed by atoms with van der Waals surface area (Å²) in [6.45, 7) is -0.626. The second-order valence-corrected chi connectivity index (χ2v) is 7.28. The molecule has 4 atom stereocenters. The van der Waals surface area contributed by atoms with Crippen molar-refractivity contribution < 1.29 is 34.5 Å². The standard InChI is InChI=1S/C18H26N4O7S2/c19-11(6-23)15(25)21-13(7-30)17(27)20-12(5-9-1-3-10(24)4-2-9)16(26)22-14(8-31)18(28)29/h1-4,11-14,23-24,30-31H,5-8,19H2,(H,20,27)(H,21,25)(H,22,26)(H,28,29). The van der Waals surface area contributed by atoms with Gasteiger partial charge in [0, 0.05) is 17.9 Å². The van der Waals surface area contributed by atoms with Crippen LogP contribution in [0.4, 0.5) is 0 Å². The zero-order valence-corrected chi connectivity index (χ0v) is 18.2. The highest BCUT2D eigenvalue weighted by molar-refractivity contribution is 7.80. The maximum Gasteiger partial charge on any atom is 0.327 e. The van der Waals surface area contributed by atoms with Gasteiger partial charge in [0.15, 0.2) is 0 Å². The van der Waals surface area contributed by atoms with Crippen LogP contribution in [0.3, 0.4) is 0 Å². The molecule has 31 heavy (non-hydrogen) atoms. The summed E-state index contributed by atoms with van der Waals surface area (Å²) in [5.41, 5.74) is 5.99. The number of phenolic OH excluding ortho intramolecular Hbond substituents is 1. The average molecular weight is 475 g/mol. The minimum atomic E-state index is -1.29. The number of hydrogen-bond acceptors (Lipinski definition) is 9. The van der Waals surface area contributed by atoms with Gasteiger partial charge in [-0.05, 0) is 17.7 Å². The fourth-order valence-electron chi connectivity index (χ4n) is 2.36. The molecular formula is C18H26N4O7S2. The van der Waals surface area contributed by atoms with Crippen molar-refractivity contribution >= 4 is 48.9 Å². The zero-order chi connectivity index (χ0) is 23.6. The van der Waals surface area contributed by atoms with E-state index in [1.807, 2.05) is 0 Å². The Morgan fingerprint density at radius 3 is 1.84 bits per heavy atom. The Morgan fingerprint density at radius 2 is 1.35 bits per heavy atom. The summed E-state index contributed by atoms with van der Waals surface area (Å²) in [6.07, 6.45) is -0.0276. The fraction of sp³-hybridized carbons (Fsp3) is 0.444. The molecular weight excluding hydrogens is 448 g/mol. The number of nitrogens with one attached hydrogen (secondary N) is 3. The summed E-state index contributed by atoms with van der Waals surface area (Å²) >= 11 is 7.91. The van der Waals surface area contributed by atoms with Gasteiger partial charge in [-0.25, -0.2) is 4.79 Å². The van der Waals surface area contributed by atoms with Gasteiger partial charge in [-0.15, -0.1) is 0 Å². The summed E-state index contributed by atoms with van der Waals surface area (Å²) in [6, 6.07) is 0.976. The topological polar surface area (TPSA) is 191 Å². The molecule has 0 saturated carbocycles. The van der Waals surface area contributed by atoms with Gasteiger partial charge in [0.25, 0.3) is 0 Å². The third kappa shape index (κ3) is 8.65. The van der Waals surface area contributed by atoms with Crippen molar-refractivity contribution in [1.82, 2.24) is 16.0 Å². The van der Waals surface area contributed by atoms with E-state index in [9.17, 15) is 24.3 Å². The first-order valence-corrected chi connectivity index (χ1v) is 10.4. The Labute approximate surface area is 189 Å². The van der Waals surface area contributed by atoms with Gasteiger partial charge in [0.2, 0.25) is 17.7 Å². The molecule has 0 aliphatic rings. The Morgan fingerprint density at radius 1 is 0.871 bits per heavy atom. The molecule has 11 nitrogen and oxygen atoms in total. The van der Waals surface area contributed by atoms with E-state index in [1.54, 1.807) is 0 Å². The van der Waals surface area contributed by atoms with Gasteiger partial charge in [-0.2, -0.15) is 25.3 Å². The van der Waals surface area contributed by atoms with Gasteiger partial charge in [0.05, 0.1) is 6.61 Å². The van der Waals surface area contributed by atoms with E-state index in [0.29, 0.717) is 5.56 Å². The van der Waals surface area contributed by atoms with E-state index >= 15 is 0 Å². The lowest BCUT2D eigenvalue weighted by atomic mass is 10.0. The van der Waals surface area contributed by atoms with E-state index in [1.165, 1.54) is 24.3 Å². The van der Waals surface area contributed by atoms with Gasteiger partial charge in [-0.1, -0.05) is 12.1 Å². The number of carboxylic acids is 1. The van der Waals surface area contributed by atoms with Gasteiger partial charge in [0.1, 0.15) is 29.9 Å². The predicted octanol–water partition coefficient (Wildman–Crippen LogP) is -2.35. The van der Waals surface area contributed by atoms with Crippen molar-refractivity contribution in [2.24, 2.45) is 5.73 Å². The molecule has 0 aliphatic carbocycles. The number of phenols is 1. The van der Waals surface area contributed by atoms with Crippen LogP contribution in [-0.2, 0) is 25.6 Å². The molecule has 8 N–H and O–H groups in total. The lowest BCUT2D eigenvalue weighted by molar-refractivity contribution is -0.141. The minimum absolute atomic E-state index is 0.00729. The highest BCUT2D eigenvalue weighted by atomic mass is 32.1. The minimum Gasteiger partial charge on any atom is -0.508 e. The van der Waals surface area contributed by atoms with Crippen LogP contribution in [0.1, 0.15) is 5.56 Å². The first-order chi connectivity index (χ1) is 14.6. The number of aliphatic carboxylic acids is 1. The molecule has 1 aromatic carbocycles. The Bertz CT molecular complexity index is 779. The normalized spacial score (nSPS) is 14.6. The fourth-order valence-corrected chi connectivity index (χ4v) is 2.87. The van der Waals surface area contributed by atoms with Crippen LogP contribution >= 0.6 is 25.3 Å². The van der Waals surface area contributed by atoms with Gasteiger partial charge < -0.3 is 37.0 Å². The van der Waals surface area contributed by atoms with Gasteiger partial charge >= 0.3 is 5.97 Å². The highest BCUT2D eigenvalue weighted by Gasteiger charge is 2.29. The van der Waals surface area contributed by atoms with E-state index in [4.69, 9.17) is 15.9 Å². The largest absolute Gasteiger partial charge is 0.508 e. The van der Waals surface area contributed by atoms with Crippen molar-refractivity contribution in [3.8, 4) is 5.75 Å². The SMILES string of the molecule is NC(CO)C(=O)NC(CS)C(=O)NC(Cc1ccc(O)cc1)C(=O)NC(CS)C(=O)O. The number of aliphatic hydroxyl groups excluding tert-OH is 1. The summed E-state index contributed by atoms with van der Waals surface area (Å²) in [7, 11) is 0. The molecule has 0 aromatic heterocycles. The second-order valence-electron chi connectivity index (χ2n) is 6.55. The average Bonchev–Trinajstić information content (AvgIpc) is 2.75. The molecule has 1 rings (SSSR count). The molecule has 172 valence electrons. The third-order valence-corrected chi connectivity index (χ3v) is 4.89. The Balaban J connectivity index is 3.01. The van der Waals surface area contributed by atoms with Crippen molar-refractivity contribution in [2.75, 3.05) is 18.1 Å². The molecule has 3 amide bonds.